The Hall–Kier alpha value is -2.41. The quantitative estimate of drug-likeness (QED) is 0.648. The molecule has 0 aromatic heterocycles. The van der Waals surface area contributed by atoms with Crippen molar-refractivity contribution < 1.29 is 24.5 Å². The summed E-state index contributed by atoms with van der Waals surface area (Å²) in [5.41, 5.74) is 2.95. The van der Waals surface area contributed by atoms with Gasteiger partial charge in [-0.1, -0.05) is 24.3 Å². The van der Waals surface area contributed by atoms with Crippen LogP contribution in [0, 0.1) is 6.92 Å². The van der Waals surface area contributed by atoms with E-state index in [0.29, 0.717) is 35.1 Å². The summed E-state index contributed by atoms with van der Waals surface area (Å²) in [5, 5.41) is 19.8. The molecule has 0 spiro atoms. The van der Waals surface area contributed by atoms with Crippen molar-refractivity contribution in [3.63, 3.8) is 0 Å². The molecule has 2 N–H and O–H groups in total. The number of methoxy groups -OCH3 is 2. The number of carbonyl (C=O) groups excluding carboxylic acids is 1. The maximum absolute atomic E-state index is 12.9. The first-order valence-corrected chi connectivity index (χ1v) is 10.4. The first kappa shape index (κ1) is 22.3. The van der Waals surface area contributed by atoms with E-state index < -0.39 is 6.10 Å². The molecule has 30 heavy (non-hydrogen) atoms. The number of likely N-dealkylation sites (tertiary alicyclic amines) is 1. The number of β-amino-alcohol motifs (C(OH)–C–C–N with tert-alkyl or cyclic N) is 1. The number of benzene rings is 2. The molecule has 1 unspecified atom stereocenters. The zero-order chi connectivity index (χ0) is 21.7. The van der Waals surface area contributed by atoms with Gasteiger partial charge in [-0.25, -0.2) is 0 Å². The van der Waals surface area contributed by atoms with E-state index in [0.717, 1.165) is 37.1 Å². The number of hydrogen-bond donors (Lipinski definition) is 2. The molecule has 162 valence electrons. The van der Waals surface area contributed by atoms with Gasteiger partial charge in [0.05, 0.1) is 20.8 Å². The van der Waals surface area contributed by atoms with Crippen LogP contribution in [-0.2, 0) is 0 Å². The summed E-state index contributed by atoms with van der Waals surface area (Å²) in [6, 6.07) is 10.7. The third kappa shape index (κ3) is 4.83. The molecule has 1 heterocycles. The molecule has 1 saturated heterocycles. The van der Waals surface area contributed by atoms with Gasteiger partial charge in [0.1, 0.15) is 17.6 Å². The smallest absolute Gasteiger partial charge is 0.195 e. The lowest BCUT2D eigenvalue weighted by molar-refractivity contribution is 0.0746. The minimum atomic E-state index is -1.27. The zero-order valence-electron chi connectivity index (χ0n) is 17.9. The van der Waals surface area contributed by atoms with Gasteiger partial charge < -0.3 is 24.6 Å². The minimum absolute atomic E-state index is 0.181. The second kappa shape index (κ2) is 10.1. The number of nitrogens with zero attached hydrogens (tertiary/aromatic N) is 1. The van der Waals surface area contributed by atoms with E-state index in [9.17, 15) is 9.90 Å². The molecular formula is C24H31NO5. The average Bonchev–Trinajstić information content (AvgIpc) is 2.78. The van der Waals surface area contributed by atoms with Crippen LogP contribution in [0.4, 0.5) is 0 Å². The molecule has 0 amide bonds. The number of hydrogen-bond acceptors (Lipinski definition) is 6. The van der Waals surface area contributed by atoms with Gasteiger partial charge in [0.2, 0.25) is 0 Å². The van der Waals surface area contributed by atoms with Gasteiger partial charge in [-0.15, -0.1) is 0 Å². The molecule has 0 saturated carbocycles. The van der Waals surface area contributed by atoms with Gasteiger partial charge in [-0.3, -0.25) is 4.79 Å². The molecular weight excluding hydrogens is 382 g/mol. The highest BCUT2D eigenvalue weighted by Gasteiger charge is 2.25. The second-order valence-electron chi connectivity index (χ2n) is 7.79. The van der Waals surface area contributed by atoms with Gasteiger partial charge in [-0.05, 0) is 67.6 Å². The zero-order valence-corrected chi connectivity index (χ0v) is 17.9. The van der Waals surface area contributed by atoms with Crippen molar-refractivity contribution in [2.75, 3.05) is 40.5 Å². The van der Waals surface area contributed by atoms with Crippen LogP contribution in [-0.4, -0.2) is 61.4 Å². The van der Waals surface area contributed by atoms with Gasteiger partial charge in [0.25, 0.3) is 0 Å². The fourth-order valence-corrected chi connectivity index (χ4v) is 4.13. The number of aliphatic hydroxyl groups excluding tert-OH is 2. The molecule has 6 nitrogen and oxygen atoms in total. The largest absolute Gasteiger partial charge is 0.496 e. The topological polar surface area (TPSA) is 79.2 Å². The molecule has 1 fully saturated rings. The highest BCUT2D eigenvalue weighted by atomic mass is 16.5. The Balaban J connectivity index is 1.78. The Morgan fingerprint density at radius 1 is 1.10 bits per heavy atom. The van der Waals surface area contributed by atoms with Gasteiger partial charge >= 0.3 is 0 Å². The highest BCUT2D eigenvalue weighted by molar-refractivity contribution is 6.00. The highest BCUT2D eigenvalue weighted by Crippen LogP contribution is 2.35. The lowest BCUT2D eigenvalue weighted by Gasteiger charge is -2.32. The number of aryl methyl sites for hydroxylation is 1. The summed E-state index contributed by atoms with van der Waals surface area (Å²) >= 11 is 0. The second-order valence-corrected chi connectivity index (χ2v) is 7.79. The number of piperidine rings is 1. The standard InChI is InChI=1S/C24H31NO5/c1-16-4-5-18(14-21(16)29-2)23(27)24(28)19-6-7-20(22(15-19)30-3)17-8-10-25(11-9-17)12-13-26/h4-7,14-15,17,23,26-27H,8-13H2,1-3H3. The lowest BCUT2D eigenvalue weighted by atomic mass is 9.87. The summed E-state index contributed by atoms with van der Waals surface area (Å²) in [4.78, 5) is 15.2. The number of aliphatic hydroxyl groups is 2. The number of rotatable bonds is 8. The van der Waals surface area contributed by atoms with Crippen molar-refractivity contribution in [1.82, 2.24) is 4.90 Å². The molecule has 1 atom stereocenters. The van der Waals surface area contributed by atoms with E-state index in [1.54, 1.807) is 38.5 Å². The first-order valence-electron chi connectivity index (χ1n) is 10.4. The summed E-state index contributed by atoms with van der Waals surface area (Å²) in [6.07, 6.45) is 0.696. The van der Waals surface area contributed by atoms with Crippen LogP contribution in [0.25, 0.3) is 0 Å². The summed E-state index contributed by atoms with van der Waals surface area (Å²) in [6.45, 7) is 4.67. The summed E-state index contributed by atoms with van der Waals surface area (Å²) in [5.74, 6) is 1.30. The summed E-state index contributed by atoms with van der Waals surface area (Å²) < 4.78 is 10.9. The van der Waals surface area contributed by atoms with Crippen LogP contribution in [0.5, 0.6) is 11.5 Å². The van der Waals surface area contributed by atoms with E-state index in [1.807, 2.05) is 19.1 Å². The Bertz CT molecular complexity index is 874. The van der Waals surface area contributed by atoms with Crippen molar-refractivity contribution in [3.8, 4) is 11.5 Å². The maximum Gasteiger partial charge on any atom is 0.195 e. The molecule has 6 heteroatoms. The monoisotopic (exact) mass is 413 g/mol. The van der Waals surface area contributed by atoms with Crippen molar-refractivity contribution in [2.45, 2.75) is 31.8 Å². The van der Waals surface area contributed by atoms with Crippen LogP contribution < -0.4 is 9.47 Å². The third-order valence-corrected chi connectivity index (χ3v) is 5.96. The Morgan fingerprint density at radius 2 is 1.80 bits per heavy atom. The van der Waals surface area contributed by atoms with Crippen LogP contribution >= 0.6 is 0 Å². The van der Waals surface area contributed by atoms with Crippen LogP contribution in [0.2, 0.25) is 0 Å². The Morgan fingerprint density at radius 3 is 2.43 bits per heavy atom. The summed E-state index contributed by atoms with van der Waals surface area (Å²) in [7, 11) is 3.17. The van der Waals surface area contributed by atoms with Gasteiger partial charge in [0.15, 0.2) is 5.78 Å². The number of ketones is 1. The van der Waals surface area contributed by atoms with Crippen molar-refractivity contribution in [2.24, 2.45) is 0 Å². The van der Waals surface area contributed by atoms with Crippen LogP contribution in [0.1, 0.15) is 51.9 Å². The molecule has 0 aliphatic carbocycles. The van der Waals surface area contributed by atoms with Crippen LogP contribution in [0.15, 0.2) is 36.4 Å². The molecule has 1 aliphatic heterocycles. The Kier molecular flexibility index (Phi) is 7.48. The molecule has 0 radical (unpaired) electrons. The molecule has 2 aromatic rings. The molecule has 2 aromatic carbocycles. The third-order valence-electron chi connectivity index (χ3n) is 5.96. The molecule has 3 rings (SSSR count). The normalized spacial score (nSPS) is 16.3. The predicted molar refractivity (Wildman–Crippen MR) is 116 cm³/mol. The van der Waals surface area contributed by atoms with Gasteiger partial charge in [-0.2, -0.15) is 0 Å². The maximum atomic E-state index is 12.9. The van der Waals surface area contributed by atoms with Crippen molar-refractivity contribution >= 4 is 5.78 Å². The van der Waals surface area contributed by atoms with E-state index >= 15 is 0 Å². The number of Topliss-reactive ketones (excluding diaryl/α,β-unsaturated/α-hetero) is 1. The number of carbonyl (C=O) groups is 1. The Labute approximate surface area is 178 Å². The predicted octanol–water partition coefficient (Wildman–Crippen LogP) is 3.10. The average molecular weight is 414 g/mol. The SMILES string of the molecule is COc1cc(C(O)C(=O)c2ccc(C3CCN(CCO)CC3)c(OC)c2)ccc1C. The van der Waals surface area contributed by atoms with E-state index in [2.05, 4.69) is 4.90 Å². The van der Waals surface area contributed by atoms with Crippen LogP contribution in [0.3, 0.4) is 0 Å². The first-order chi connectivity index (χ1) is 14.5. The van der Waals surface area contributed by atoms with Crippen molar-refractivity contribution in [3.05, 3.63) is 58.7 Å². The lowest BCUT2D eigenvalue weighted by Crippen LogP contribution is -2.35. The fraction of sp³-hybridized carbons (Fsp3) is 0.458. The minimum Gasteiger partial charge on any atom is -0.496 e. The molecule has 0 bridgehead atoms. The van der Waals surface area contributed by atoms with E-state index in [-0.39, 0.29) is 12.4 Å². The van der Waals surface area contributed by atoms with Gasteiger partial charge in [0, 0.05) is 12.1 Å². The van der Waals surface area contributed by atoms with E-state index in [4.69, 9.17) is 14.6 Å². The van der Waals surface area contributed by atoms with Crippen molar-refractivity contribution in [1.29, 1.82) is 0 Å². The van der Waals surface area contributed by atoms with E-state index in [1.165, 1.54) is 0 Å². The number of ether oxygens (including phenoxy) is 2. The fourth-order valence-electron chi connectivity index (χ4n) is 4.13. The molecule has 1 aliphatic rings.